The molecule has 3 rings (SSSR count). The van der Waals surface area contributed by atoms with Crippen LogP contribution in [0, 0.1) is 6.92 Å². The lowest BCUT2D eigenvalue weighted by atomic mass is 9.88. The lowest BCUT2D eigenvalue weighted by Crippen LogP contribution is -2.30. The van der Waals surface area contributed by atoms with Gasteiger partial charge in [0.2, 0.25) is 0 Å². The largest absolute Gasteiger partial charge is 0.399 e. The molecular formula is C14H18ClN3O2S2. The van der Waals surface area contributed by atoms with Crippen molar-refractivity contribution in [3.05, 3.63) is 40.5 Å². The van der Waals surface area contributed by atoms with Gasteiger partial charge in [-0.25, -0.2) is 18.1 Å². The molecule has 5 nitrogen and oxygen atoms in total. The van der Waals surface area contributed by atoms with Crippen LogP contribution < -0.4 is 10.5 Å². The summed E-state index contributed by atoms with van der Waals surface area (Å²) in [7, 11) is -3.52. The van der Waals surface area contributed by atoms with Gasteiger partial charge in [0, 0.05) is 11.7 Å². The summed E-state index contributed by atoms with van der Waals surface area (Å²) in [6.07, 6.45) is 4.10. The fraction of sp³-hybridized carbons (Fsp3) is 0.357. The Balaban J connectivity index is 0.00000176. The normalized spacial score (nSPS) is 17.6. The number of nitrogens with one attached hydrogen (secondary N) is 1. The molecule has 2 aromatic rings. The second-order valence-corrected chi connectivity index (χ2v) is 8.40. The van der Waals surface area contributed by atoms with Crippen LogP contribution in [0.2, 0.25) is 0 Å². The summed E-state index contributed by atoms with van der Waals surface area (Å²) in [5, 5.41) is 0.743. The topological polar surface area (TPSA) is 85.1 Å². The van der Waals surface area contributed by atoms with E-state index >= 15 is 0 Å². The SMILES string of the molecule is Cc1ncc(S(=O)(=O)NC2CCCc3cc(N)ccc32)s1.Cl. The van der Waals surface area contributed by atoms with Crippen molar-refractivity contribution in [1.29, 1.82) is 0 Å². The van der Waals surface area contributed by atoms with Crippen LogP contribution in [0.25, 0.3) is 0 Å². The molecule has 22 heavy (non-hydrogen) atoms. The highest BCUT2D eigenvalue weighted by atomic mass is 35.5. The summed E-state index contributed by atoms with van der Waals surface area (Å²) >= 11 is 1.19. The molecule has 1 unspecified atom stereocenters. The Hall–Kier alpha value is -1.15. The molecule has 0 radical (unpaired) electrons. The average Bonchev–Trinajstić information content (AvgIpc) is 2.86. The molecule has 1 aliphatic carbocycles. The van der Waals surface area contributed by atoms with Crippen LogP contribution in [0.3, 0.4) is 0 Å². The first-order valence-electron chi connectivity index (χ1n) is 6.79. The number of nitrogens with zero attached hydrogens (tertiary/aromatic N) is 1. The van der Waals surface area contributed by atoms with E-state index in [-0.39, 0.29) is 22.7 Å². The molecule has 0 spiro atoms. The highest BCUT2D eigenvalue weighted by Gasteiger charge is 2.26. The Labute approximate surface area is 140 Å². The first-order valence-corrected chi connectivity index (χ1v) is 9.09. The standard InChI is InChI=1S/C14H17N3O2S2.ClH/c1-9-16-8-14(20-9)21(18,19)17-13-4-2-3-10-7-11(15)5-6-12(10)13;/h5-8,13,17H,2-4,15H2,1H3;1H. The van der Waals surface area contributed by atoms with E-state index in [4.69, 9.17) is 5.73 Å². The highest BCUT2D eigenvalue weighted by molar-refractivity contribution is 7.91. The second kappa shape index (κ2) is 6.54. The smallest absolute Gasteiger partial charge is 0.252 e. The highest BCUT2D eigenvalue weighted by Crippen LogP contribution is 2.32. The van der Waals surface area contributed by atoms with Crippen molar-refractivity contribution in [2.24, 2.45) is 0 Å². The van der Waals surface area contributed by atoms with Crippen LogP contribution in [0.1, 0.15) is 35.0 Å². The van der Waals surface area contributed by atoms with Gasteiger partial charge >= 0.3 is 0 Å². The van der Waals surface area contributed by atoms with Gasteiger partial charge in [-0.1, -0.05) is 6.07 Å². The number of benzene rings is 1. The first kappa shape index (κ1) is 17.2. The fourth-order valence-corrected chi connectivity index (χ4v) is 5.04. The van der Waals surface area contributed by atoms with Crippen molar-refractivity contribution < 1.29 is 8.42 Å². The van der Waals surface area contributed by atoms with Gasteiger partial charge in [0.15, 0.2) is 4.21 Å². The number of hydrogen-bond acceptors (Lipinski definition) is 5. The summed E-state index contributed by atoms with van der Waals surface area (Å²) in [4.78, 5) is 4.01. The maximum absolute atomic E-state index is 12.4. The minimum Gasteiger partial charge on any atom is -0.399 e. The maximum atomic E-state index is 12.4. The van der Waals surface area contributed by atoms with Crippen molar-refractivity contribution in [3.63, 3.8) is 0 Å². The number of hydrogen-bond donors (Lipinski definition) is 2. The lowest BCUT2D eigenvalue weighted by molar-refractivity contribution is 0.508. The van der Waals surface area contributed by atoms with E-state index in [1.165, 1.54) is 17.5 Å². The molecule has 8 heteroatoms. The zero-order chi connectivity index (χ0) is 15.0. The van der Waals surface area contributed by atoms with Crippen LogP contribution in [-0.2, 0) is 16.4 Å². The molecule has 1 aliphatic rings. The van der Waals surface area contributed by atoms with Gasteiger partial charge in [0.25, 0.3) is 10.0 Å². The quantitative estimate of drug-likeness (QED) is 0.825. The van der Waals surface area contributed by atoms with Gasteiger partial charge in [0.05, 0.1) is 11.2 Å². The zero-order valence-corrected chi connectivity index (χ0v) is 14.5. The van der Waals surface area contributed by atoms with Crippen LogP contribution >= 0.6 is 23.7 Å². The number of sulfonamides is 1. The molecule has 1 atom stereocenters. The Morgan fingerprint density at radius 3 is 2.86 bits per heavy atom. The minimum atomic E-state index is -3.52. The first-order chi connectivity index (χ1) is 9.95. The van der Waals surface area contributed by atoms with Crippen LogP contribution in [-0.4, -0.2) is 13.4 Å². The predicted molar refractivity (Wildman–Crippen MR) is 91.0 cm³/mol. The van der Waals surface area contributed by atoms with Gasteiger partial charge in [-0.15, -0.1) is 23.7 Å². The van der Waals surface area contributed by atoms with Crippen molar-refractivity contribution in [3.8, 4) is 0 Å². The number of nitrogens with two attached hydrogens (primary N) is 1. The van der Waals surface area contributed by atoms with E-state index < -0.39 is 10.0 Å². The monoisotopic (exact) mass is 359 g/mol. The number of halogens is 1. The van der Waals surface area contributed by atoms with Gasteiger partial charge in [-0.3, -0.25) is 0 Å². The van der Waals surface area contributed by atoms with Gasteiger partial charge in [-0.2, -0.15) is 0 Å². The Morgan fingerprint density at radius 2 is 2.18 bits per heavy atom. The second-order valence-electron chi connectivity index (χ2n) is 5.22. The van der Waals surface area contributed by atoms with Gasteiger partial charge in [0.1, 0.15) is 0 Å². The van der Waals surface area contributed by atoms with E-state index in [9.17, 15) is 8.42 Å². The number of rotatable bonds is 3. The summed E-state index contributed by atoms with van der Waals surface area (Å²) in [6.45, 7) is 1.79. The number of nitrogen functional groups attached to an aromatic ring is 1. The molecule has 120 valence electrons. The Bertz CT molecular complexity index is 774. The number of aromatic nitrogens is 1. The van der Waals surface area contributed by atoms with Crippen molar-refractivity contribution in [1.82, 2.24) is 9.71 Å². The van der Waals surface area contributed by atoms with Gasteiger partial charge < -0.3 is 5.73 Å². The fourth-order valence-electron chi connectivity index (χ4n) is 2.67. The molecule has 0 aliphatic heterocycles. The van der Waals surface area contributed by atoms with Crippen LogP contribution in [0.4, 0.5) is 5.69 Å². The molecule has 1 heterocycles. The van der Waals surface area contributed by atoms with E-state index in [1.54, 1.807) is 6.92 Å². The average molecular weight is 360 g/mol. The summed E-state index contributed by atoms with van der Waals surface area (Å²) in [5.41, 5.74) is 8.68. The molecule has 0 saturated heterocycles. The van der Waals surface area contributed by atoms with Crippen molar-refractivity contribution in [2.45, 2.75) is 36.4 Å². The maximum Gasteiger partial charge on any atom is 0.252 e. The van der Waals surface area contributed by atoms with Crippen molar-refractivity contribution in [2.75, 3.05) is 5.73 Å². The van der Waals surface area contributed by atoms with Gasteiger partial charge in [-0.05, 0) is 49.4 Å². The molecule has 3 N–H and O–H groups in total. The summed E-state index contributed by atoms with van der Waals surface area (Å²) in [6, 6.07) is 5.49. The Kier molecular flexibility index (Phi) is 5.11. The Morgan fingerprint density at radius 1 is 1.41 bits per heavy atom. The summed E-state index contributed by atoms with van der Waals surface area (Å²) in [5.74, 6) is 0. The number of aryl methyl sites for hydroxylation is 2. The zero-order valence-electron chi connectivity index (χ0n) is 12.1. The van der Waals surface area contributed by atoms with Crippen LogP contribution in [0.15, 0.2) is 28.6 Å². The number of thiazole rings is 1. The van der Waals surface area contributed by atoms with Crippen molar-refractivity contribution >= 4 is 39.5 Å². The summed E-state index contributed by atoms with van der Waals surface area (Å²) < 4.78 is 27.9. The molecule has 0 fully saturated rings. The molecule has 1 aromatic heterocycles. The lowest BCUT2D eigenvalue weighted by Gasteiger charge is -2.26. The van der Waals surface area contributed by atoms with E-state index in [0.717, 1.165) is 41.1 Å². The molecular weight excluding hydrogens is 342 g/mol. The third kappa shape index (κ3) is 3.43. The minimum absolute atomic E-state index is 0. The molecule has 0 bridgehead atoms. The van der Waals surface area contributed by atoms with Crippen LogP contribution in [0.5, 0.6) is 0 Å². The predicted octanol–water partition coefficient (Wildman–Crippen LogP) is 2.81. The van der Waals surface area contributed by atoms with E-state index in [1.807, 2.05) is 18.2 Å². The molecule has 1 aromatic carbocycles. The van der Waals surface area contributed by atoms with E-state index in [2.05, 4.69) is 9.71 Å². The number of fused-ring (bicyclic) bond motifs is 1. The molecule has 0 amide bonds. The third-order valence-electron chi connectivity index (χ3n) is 3.64. The van der Waals surface area contributed by atoms with E-state index in [0.29, 0.717) is 0 Å². The number of anilines is 1. The molecule has 0 saturated carbocycles. The third-order valence-corrected chi connectivity index (χ3v) is 6.49.